The van der Waals surface area contributed by atoms with Crippen LogP contribution in [0.5, 0.6) is 0 Å². The van der Waals surface area contributed by atoms with E-state index in [1.54, 1.807) is 24.7 Å². The molecule has 1 atom stereocenters. The summed E-state index contributed by atoms with van der Waals surface area (Å²) in [6.45, 7) is 7.98. The SMILES string of the molecule is Cc1c2ccccc2n2c(C(=O)NC[C@@H]3CCCN3C(C)C)cn(-c3cccnc3)c(=O)c12. The number of carbonyl (C=O) groups is 1. The second-order valence-corrected chi connectivity index (χ2v) is 9.06. The Balaban J connectivity index is 1.64. The normalized spacial score (nSPS) is 16.8. The van der Waals surface area contributed by atoms with Crippen molar-refractivity contribution in [3.05, 3.63) is 76.6 Å². The molecule has 1 aliphatic rings. The molecule has 5 rings (SSSR count). The number of aromatic nitrogens is 3. The molecular weight excluding hydrogens is 414 g/mol. The maximum Gasteiger partial charge on any atom is 0.279 e. The molecule has 7 nitrogen and oxygen atoms in total. The molecule has 0 saturated carbocycles. The van der Waals surface area contributed by atoms with Gasteiger partial charge in [0.15, 0.2) is 0 Å². The summed E-state index contributed by atoms with van der Waals surface area (Å²) < 4.78 is 3.34. The van der Waals surface area contributed by atoms with Crippen molar-refractivity contribution < 1.29 is 4.79 Å². The van der Waals surface area contributed by atoms with Gasteiger partial charge in [-0.05, 0) is 63.9 Å². The second kappa shape index (κ2) is 8.48. The molecule has 0 aliphatic carbocycles. The van der Waals surface area contributed by atoms with Crippen molar-refractivity contribution in [2.24, 2.45) is 0 Å². The predicted molar refractivity (Wildman–Crippen MR) is 130 cm³/mol. The fourth-order valence-corrected chi connectivity index (χ4v) is 5.17. The average molecular weight is 444 g/mol. The molecule has 1 amide bonds. The highest BCUT2D eigenvalue weighted by Gasteiger charge is 2.27. The minimum absolute atomic E-state index is 0.171. The lowest BCUT2D eigenvalue weighted by Crippen LogP contribution is -2.43. The fraction of sp³-hybridized carbons (Fsp3) is 0.346. The highest BCUT2D eigenvalue weighted by atomic mass is 16.2. The van der Waals surface area contributed by atoms with Gasteiger partial charge in [-0.3, -0.25) is 28.4 Å². The Hall–Kier alpha value is -3.45. The summed E-state index contributed by atoms with van der Waals surface area (Å²) in [5.41, 5.74) is 3.13. The molecule has 4 aromatic rings. The van der Waals surface area contributed by atoms with E-state index in [1.807, 2.05) is 41.7 Å². The Kier molecular flexibility index (Phi) is 5.50. The largest absolute Gasteiger partial charge is 0.349 e. The third-order valence-corrected chi connectivity index (χ3v) is 6.78. The number of hydrogen-bond acceptors (Lipinski definition) is 4. The number of fused-ring (bicyclic) bond motifs is 3. The number of para-hydroxylation sites is 1. The van der Waals surface area contributed by atoms with Crippen LogP contribution in [-0.4, -0.2) is 49.9 Å². The number of aryl methyl sites for hydroxylation is 1. The van der Waals surface area contributed by atoms with Crippen LogP contribution < -0.4 is 10.9 Å². The van der Waals surface area contributed by atoms with Crippen molar-refractivity contribution >= 4 is 22.3 Å². The van der Waals surface area contributed by atoms with Crippen LogP contribution in [0.25, 0.3) is 22.1 Å². The van der Waals surface area contributed by atoms with Crippen LogP contribution in [0.2, 0.25) is 0 Å². The van der Waals surface area contributed by atoms with E-state index < -0.39 is 0 Å². The number of nitrogens with zero attached hydrogens (tertiary/aromatic N) is 4. The summed E-state index contributed by atoms with van der Waals surface area (Å²) in [6, 6.07) is 12.2. The molecule has 33 heavy (non-hydrogen) atoms. The van der Waals surface area contributed by atoms with Crippen molar-refractivity contribution in [1.29, 1.82) is 0 Å². The van der Waals surface area contributed by atoms with Gasteiger partial charge >= 0.3 is 0 Å². The van der Waals surface area contributed by atoms with Gasteiger partial charge in [-0.25, -0.2) is 0 Å². The zero-order valence-electron chi connectivity index (χ0n) is 19.3. The van der Waals surface area contributed by atoms with Crippen LogP contribution in [0.3, 0.4) is 0 Å². The van der Waals surface area contributed by atoms with Crippen LogP contribution in [0.4, 0.5) is 0 Å². The molecule has 1 aromatic carbocycles. The number of hydrogen-bond donors (Lipinski definition) is 1. The van der Waals surface area contributed by atoms with Crippen LogP contribution in [-0.2, 0) is 0 Å². The Labute approximate surface area is 192 Å². The Morgan fingerprint density at radius 1 is 1.21 bits per heavy atom. The van der Waals surface area contributed by atoms with Gasteiger partial charge in [-0.2, -0.15) is 0 Å². The van der Waals surface area contributed by atoms with E-state index in [9.17, 15) is 9.59 Å². The van der Waals surface area contributed by atoms with Crippen LogP contribution in [0.1, 0.15) is 42.7 Å². The monoisotopic (exact) mass is 443 g/mol. The number of carbonyl (C=O) groups excluding carboxylic acids is 1. The van der Waals surface area contributed by atoms with Gasteiger partial charge in [0.25, 0.3) is 11.5 Å². The summed E-state index contributed by atoms with van der Waals surface area (Å²) in [5.74, 6) is -0.186. The maximum absolute atomic E-state index is 13.6. The summed E-state index contributed by atoms with van der Waals surface area (Å²) in [4.78, 5) is 33.7. The maximum atomic E-state index is 13.6. The highest BCUT2D eigenvalue weighted by molar-refractivity contribution is 5.99. The minimum Gasteiger partial charge on any atom is -0.349 e. The van der Waals surface area contributed by atoms with Gasteiger partial charge in [-0.15, -0.1) is 0 Å². The van der Waals surface area contributed by atoms with E-state index in [4.69, 9.17) is 0 Å². The van der Waals surface area contributed by atoms with Gasteiger partial charge in [0.1, 0.15) is 11.2 Å². The molecule has 3 aromatic heterocycles. The number of pyridine rings is 1. The lowest BCUT2D eigenvalue weighted by atomic mass is 10.2. The first kappa shape index (κ1) is 21.4. The molecule has 170 valence electrons. The first-order valence-corrected chi connectivity index (χ1v) is 11.6. The van der Waals surface area contributed by atoms with Crippen molar-refractivity contribution in [1.82, 2.24) is 24.2 Å². The van der Waals surface area contributed by atoms with Crippen molar-refractivity contribution in [3.8, 4) is 5.69 Å². The first-order chi connectivity index (χ1) is 16.0. The summed E-state index contributed by atoms with van der Waals surface area (Å²) in [5, 5.41) is 4.12. The number of rotatable bonds is 5. The zero-order valence-corrected chi connectivity index (χ0v) is 19.3. The minimum atomic E-state index is -0.186. The molecule has 1 fully saturated rings. The van der Waals surface area contributed by atoms with Crippen LogP contribution in [0.15, 0.2) is 59.8 Å². The average Bonchev–Trinajstić information content (AvgIpc) is 3.42. The third kappa shape index (κ3) is 3.62. The standard InChI is InChI=1S/C26H29N5O2/c1-17(2)29-13-7-9-20(29)15-28-25(32)23-16-30(19-8-6-12-27-14-19)26(33)24-18(3)21-10-4-5-11-22(21)31(23)24/h4-6,8,10-12,14,16-17,20H,7,9,13,15H2,1-3H3,(H,28,32)/t20-/m0/s1. The van der Waals surface area contributed by atoms with E-state index in [0.717, 1.165) is 35.9 Å². The molecule has 0 bridgehead atoms. The molecule has 1 saturated heterocycles. The third-order valence-electron chi connectivity index (χ3n) is 6.78. The highest BCUT2D eigenvalue weighted by Crippen LogP contribution is 2.26. The van der Waals surface area contributed by atoms with E-state index in [1.165, 1.54) is 4.57 Å². The van der Waals surface area contributed by atoms with E-state index in [2.05, 4.69) is 29.0 Å². The fourth-order valence-electron chi connectivity index (χ4n) is 5.17. The Bertz CT molecular complexity index is 1390. The van der Waals surface area contributed by atoms with E-state index in [0.29, 0.717) is 35.5 Å². The molecular formula is C26H29N5O2. The lowest BCUT2D eigenvalue weighted by molar-refractivity contribution is 0.0928. The number of amides is 1. The molecule has 0 spiro atoms. The molecule has 7 heteroatoms. The molecule has 1 aliphatic heterocycles. The summed E-state index contributed by atoms with van der Waals surface area (Å²) in [6.07, 6.45) is 7.17. The van der Waals surface area contributed by atoms with Crippen LogP contribution in [0, 0.1) is 6.92 Å². The summed E-state index contributed by atoms with van der Waals surface area (Å²) in [7, 11) is 0. The van der Waals surface area contributed by atoms with Gasteiger partial charge in [-0.1, -0.05) is 18.2 Å². The van der Waals surface area contributed by atoms with Crippen molar-refractivity contribution in [3.63, 3.8) is 0 Å². The molecule has 0 unspecified atom stereocenters. The predicted octanol–water partition coefficient (Wildman–Crippen LogP) is 3.55. The molecule has 0 radical (unpaired) electrons. The van der Waals surface area contributed by atoms with Crippen molar-refractivity contribution in [2.45, 2.75) is 45.7 Å². The summed E-state index contributed by atoms with van der Waals surface area (Å²) >= 11 is 0. The number of benzene rings is 1. The molecule has 4 heterocycles. The second-order valence-electron chi connectivity index (χ2n) is 9.06. The lowest BCUT2D eigenvalue weighted by Gasteiger charge is -2.28. The van der Waals surface area contributed by atoms with E-state index >= 15 is 0 Å². The topological polar surface area (TPSA) is 71.6 Å². The van der Waals surface area contributed by atoms with Gasteiger partial charge < -0.3 is 5.32 Å². The van der Waals surface area contributed by atoms with E-state index in [-0.39, 0.29) is 11.5 Å². The molecule has 1 N–H and O–H groups in total. The zero-order chi connectivity index (χ0) is 23.1. The van der Waals surface area contributed by atoms with Crippen molar-refractivity contribution in [2.75, 3.05) is 13.1 Å². The number of nitrogens with one attached hydrogen (secondary N) is 1. The van der Waals surface area contributed by atoms with Crippen LogP contribution >= 0.6 is 0 Å². The smallest absolute Gasteiger partial charge is 0.279 e. The van der Waals surface area contributed by atoms with Gasteiger partial charge in [0, 0.05) is 36.4 Å². The Morgan fingerprint density at radius 2 is 2.03 bits per heavy atom. The Morgan fingerprint density at radius 3 is 2.79 bits per heavy atom. The quantitative estimate of drug-likeness (QED) is 0.512. The van der Waals surface area contributed by atoms with Gasteiger partial charge in [0.2, 0.25) is 0 Å². The first-order valence-electron chi connectivity index (χ1n) is 11.6. The van der Waals surface area contributed by atoms with Gasteiger partial charge in [0.05, 0.1) is 17.4 Å². The number of likely N-dealkylation sites (tertiary alicyclic amines) is 1.